The van der Waals surface area contributed by atoms with Crippen molar-refractivity contribution in [1.29, 1.82) is 0 Å². The normalized spacial score (nSPS) is 10.2. The van der Waals surface area contributed by atoms with Gasteiger partial charge in [0.15, 0.2) is 6.61 Å². The van der Waals surface area contributed by atoms with Crippen LogP contribution in [0.5, 0.6) is 0 Å². The van der Waals surface area contributed by atoms with E-state index in [0.717, 1.165) is 4.90 Å². The zero-order valence-electron chi connectivity index (χ0n) is 12.2. The summed E-state index contributed by atoms with van der Waals surface area (Å²) >= 11 is 7.02. The second kappa shape index (κ2) is 9.32. The molecule has 0 aliphatic heterocycles. The van der Waals surface area contributed by atoms with Crippen molar-refractivity contribution in [2.24, 2.45) is 0 Å². The lowest BCUT2D eigenvalue weighted by Gasteiger charge is -2.09. The van der Waals surface area contributed by atoms with Gasteiger partial charge in [0.05, 0.1) is 5.75 Å². The first-order chi connectivity index (χ1) is 10.4. The summed E-state index contributed by atoms with van der Waals surface area (Å²) in [5, 5.41) is 5.16. The Kier molecular flexibility index (Phi) is 7.76. The van der Waals surface area contributed by atoms with E-state index in [1.807, 2.05) is 0 Å². The minimum Gasteiger partial charge on any atom is -0.455 e. The van der Waals surface area contributed by atoms with Gasteiger partial charge in [0, 0.05) is 16.0 Å². The third-order valence-electron chi connectivity index (χ3n) is 2.21. The van der Waals surface area contributed by atoms with Crippen molar-refractivity contribution in [3.05, 3.63) is 29.3 Å². The number of thioether (sulfide) groups is 1. The fourth-order valence-electron chi connectivity index (χ4n) is 1.32. The highest BCUT2D eigenvalue weighted by Crippen LogP contribution is 2.20. The molecule has 0 bridgehead atoms. The van der Waals surface area contributed by atoms with Gasteiger partial charge < -0.3 is 10.1 Å². The minimum atomic E-state index is -0.678. The van der Waals surface area contributed by atoms with E-state index in [9.17, 15) is 14.4 Å². The molecule has 0 spiro atoms. The summed E-state index contributed by atoms with van der Waals surface area (Å²) in [6.07, 6.45) is 0. The number of hydrogen-bond acceptors (Lipinski definition) is 5. The molecule has 1 aromatic carbocycles. The van der Waals surface area contributed by atoms with Crippen LogP contribution in [0.4, 0.5) is 4.79 Å². The van der Waals surface area contributed by atoms with Crippen LogP contribution in [-0.4, -0.2) is 36.3 Å². The van der Waals surface area contributed by atoms with Crippen LogP contribution < -0.4 is 10.6 Å². The van der Waals surface area contributed by atoms with Gasteiger partial charge in [-0.05, 0) is 38.1 Å². The molecule has 0 radical (unpaired) electrons. The molecule has 0 aliphatic carbocycles. The number of benzene rings is 1. The van der Waals surface area contributed by atoms with Crippen molar-refractivity contribution in [2.45, 2.75) is 24.8 Å². The maximum atomic E-state index is 11.5. The molecule has 2 N–H and O–H groups in total. The zero-order valence-corrected chi connectivity index (χ0v) is 13.8. The Hall–Kier alpha value is -1.73. The largest absolute Gasteiger partial charge is 0.455 e. The topological polar surface area (TPSA) is 84.5 Å². The molecule has 0 saturated carbocycles. The number of imide groups is 1. The highest BCUT2D eigenvalue weighted by Gasteiger charge is 2.11. The molecule has 22 heavy (non-hydrogen) atoms. The molecular formula is C14H17ClN2O4S. The van der Waals surface area contributed by atoms with E-state index in [4.69, 9.17) is 16.3 Å². The Morgan fingerprint density at radius 2 is 1.86 bits per heavy atom. The van der Waals surface area contributed by atoms with Crippen LogP contribution in [0.25, 0.3) is 0 Å². The number of amides is 3. The van der Waals surface area contributed by atoms with Gasteiger partial charge in [0.2, 0.25) is 0 Å². The van der Waals surface area contributed by atoms with E-state index in [1.165, 1.54) is 11.8 Å². The lowest BCUT2D eigenvalue weighted by Crippen LogP contribution is -2.44. The Bertz CT molecular complexity index is 534. The van der Waals surface area contributed by atoms with Crippen molar-refractivity contribution in [2.75, 3.05) is 12.4 Å². The van der Waals surface area contributed by atoms with Crippen molar-refractivity contribution in [3.8, 4) is 0 Å². The number of rotatable bonds is 6. The molecule has 8 heteroatoms. The first-order valence-electron chi connectivity index (χ1n) is 6.51. The number of carbonyl (C=O) groups is 3. The van der Waals surface area contributed by atoms with Gasteiger partial charge in [-0.3, -0.25) is 14.9 Å². The van der Waals surface area contributed by atoms with Gasteiger partial charge >= 0.3 is 12.0 Å². The molecule has 120 valence electrons. The molecule has 0 aliphatic rings. The zero-order chi connectivity index (χ0) is 16.5. The lowest BCUT2D eigenvalue weighted by atomic mass is 10.4. The van der Waals surface area contributed by atoms with E-state index in [1.54, 1.807) is 38.1 Å². The van der Waals surface area contributed by atoms with Crippen molar-refractivity contribution in [3.63, 3.8) is 0 Å². The van der Waals surface area contributed by atoms with Gasteiger partial charge in [-0.25, -0.2) is 4.79 Å². The summed E-state index contributed by atoms with van der Waals surface area (Å²) in [6, 6.07) is 6.29. The Balaban J connectivity index is 2.23. The van der Waals surface area contributed by atoms with Gasteiger partial charge in [-0.1, -0.05) is 11.6 Å². The van der Waals surface area contributed by atoms with E-state index < -0.39 is 24.5 Å². The fourth-order valence-corrected chi connectivity index (χ4v) is 2.14. The maximum absolute atomic E-state index is 11.5. The third kappa shape index (κ3) is 7.90. The van der Waals surface area contributed by atoms with Crippen LogP contribution in [0.1, 0.15) is 13.8 Å². The van der Waals surface area contributed by atoms with Gasteiger partial charge in [-0.15, -0.1) is 11.8 Å². The highest BCUT2D eigenvalue weighted by atomic mass is 35.5. The average Bonchev–Trinajstić information content (AvgIpc) is 2.43. The molecule has 0 unspecified atom stereocenters. The number of urea groups is 1. The summed E-state index contributed by atoms with van der Waals surface area (Å²) in [7, 11) is 0. The predicted octanol–water partition coefficient (Wildman–Crippen LogP) is 2.21. The van der Waals surface area contributed by atoms with Crippen molar-refractivity contribution < 1.29 is 19.1 Å². The average molecular weight is 345 g/mol. The SMILES string of the molecule is CC(C)NC(=O)NC(=O)COC(=O)CSc1ccc(Cl)cc1. The van der Waals surface area contributed by atoms with E-state index in [0.29, 0.717) is 5.02 Å². The van der Waals surface area contributed by atoms with Crippen LogP contribution in [0.15, 0.2) is 29.2 Å². The predicted molar refractivity (Wildman–Crippen MR) is 84.9 cm³/mol. The number of hydrogen-bond donors (Lipinski definition) is 2. The van der Waals surface area contributed by atoms with E-state index in [-0.39, 0.29) is 11.8 Å². The Morgan fingerprint density at radius 1 is 1.23 bits per heavy atom. The molecule has 0 atom stereocenters. The summed E-state index contributed by atoms with van der Waals surface area (Å²) in [4.78, 5) is 35.0. The second-order valence-corrected chi connectivity index (χ2v) is 6.06. The summed E-state index contributed by atoms with van der Waals surface area (Å²) < 4.78 is 4.78. The van der Waals surface area contributed by atoms with Crippen LogP contribution in [0.3, 0.4) is 0 Å². The smallest absolute Gasteiger partial charge is 0.321 e. The molecule has 0 fully saturated rings. The molecule has 6 nitrogen and oxygen atoms in total. The Morgan fingerprint density at radius 3 is 2.45 bits per heavy atom. The first-order valence-corrected chi connectivity index (χ1v) is 7.87. The number of halogens is 1. The maximum Gasteiger partial charge on any atom is 0.321 e. The van der Waals surface area contributed by atoms with Crippen molar-refractivity contribution >= 4 is 41.3 Å². The number of carbonyl (C=O) groups excluding carboxylic acids is 3. The second-order valence-electron chi connectivity index (χ2n) is 4.58. The third-order valence-corrected chi connectivity index (χ3v) is 3.44. The molecule has 0 heterocycles. The van der Waals surface area contributed by atoms with Crippen LogP contribution >= 0.6 is 23.4 Å². The molecule has 0 saturated heterocycles. The summed E-state index contributed by atoms with van der Waals surface area (Å²) in [5.41, 5.74) is 0. The summed E-state index contributed by atoms with van der Waals surface area (Å²) in [6.45, 7) is 3.03. The number of nitrogens with one attached hydrogen (secondary N) is 2. The molecular weight excluding hydrogens is 328 g/mol. The Labute approximate surface area is 137 Å². The van der Waals surface area contributed by atoms with Gasteiger partial charge in [-0.2, -0.15) is 0 Å². The van der Waals surface area contributed by atoms with Gasteiger partial charge in [0.1, 0.15) is 0 Å². The highest BCUT2D eigenvalue weighted by molar-refractivity contribution is 8.00. The number of ether oxygens (including phenoxy) is 1. The van der Waals surface area contributed by atoms with E-state index >= 15 is 0 Å². The standard InChI is InChI=1S/C14H17ClN2O4S/c1-9(2)16-14(20)17-12(18)7-21-13(19)8-22-11-5-3-10(15)4-6-11/h3-6,9H,7-8H2,1-2H3,(H2,16,17,18,20). The lowest BCUT2D eigenvalue weighted by molar-refractivity contribution is -0.145. The molecule has 1 aromatic rings. The van der Waals surface area contributed by atoms with Crippen LogP contribution in [0.2, 0.25) is 5.02 Å². The van der Waals surface area contributed by atoms with Crippen LogP contribution in [-0.2, 0) is 14.3 Å². The number of esters is 1. The molecule has 0 aromatic heterocycles. The first kappa shape index (κ1) is 18.3. The van der Waals surface area contributed by atoms with Crippen LogP contribution in [0, 0.1) is 0 Å². The quantitative estimate of drug-likeness (QED) is 0.610. The fraction of sp³-hybridized carbons (Fsp3) is 0.357. The molecule has 3 amide bonds. The van der Waals surface area contributed by atoms with E-state index in [2.05, 4.69) is 10.6 Å². The minimum absolute atomic E-state index is 0.0626. The summed E-state index contributed by atoms with van der Waals surface area (Å²) in [5.74, 6) is -1.16. The van der Waals surface area contributed by atoms with Crippen molar-refractivity contribution in [1.82, 2.24) is 10.6 Å². The monoisotopic (exact) mass is 344 g/mol. The van der Waals surface area contributed by atoms with Gasteiger partial charge in [0.25, 0.3) is 5.91 Å². The molecule has 1 rings (SSSR count).